The van der Waals surface area contributed by atoms with Crippen molar-refractivity contribution in [3.63, 3.8) is 0 Å². The molecule has 0 fully saturated rings. The van der Waals surface area contributed by atoms with Gasteiger partial charge in [-0.25, -0.2) is 0 Å². The molecule has 0 heterocycles. The molecule has 21 heavy (non-hydrogen) atoms. The van der Waals surface area contributed by atoms with E-state index in [-0.39, 0.29) is 12.0 Å². The van der Waals surface area contributed by atoms with Crippen LogP contribution in [0.2, 0.25) is 0 Å². The second-order valence-electron chi connectivity index (χ2n) is 5.32. The third-order valence-corrected chi connectivity index (χ3v) is 4.01. The summed E-state index contributed by atoms with van der Waals surface area (Å²) in [5.74, 6) is 0. The third kappa shape index (κ3) is 2.17. The van der Waals surface area contributed by atoms with Crippen molar-refractivity contribution in [2.75, 3.05) is 5.73 Å². The minimum Gasteiger partial charge on any atom is -0.399 e. The second kappa shape index (κ2) is 4.49. The lowest BCUT2D eigenvalue weighted by atomic mass is 9.84. The van der Waals surface area contributed by atoms with Crippen LogP contribution in [0, 0.1) is 0 Å². The summed E-state index contributed by atoms with van der Waals surface area (Å²) in [7, 11) is 0. The molecule has 0 amide bonds. The molecule has 0 bridgehead atoms. The molecule has 1 aliphatic rings. The summed E-state index contributed by atoms with van der Waals surface area (Å²) in [5, 5.41) is 10.9. The Morgan fingerprint density at radius 3 is 2.48 bits per heavy atom. The third-order valence-electron chi connectivity index (χ3n) is 4.01. The Morgan fingerprint density at radius 2 is 1.76 bits per heavy atom. The SMILES string of the molecule is Nc1ccc2c(c1)CCC2(O)c1ccccc1C(F)(F)F. The van der Waals surface area contributed by atoms with Crippen LogP contribution < -0.4 is 5.73 Å². The van der Waals surface area contributed by atoms with Crippen molar-refractivity contribution >= 4 is 5.69 Å². The molecule has 1 atom stereocenters. The van der Waals surface area contributed by atoms with Crippen LogP contribution in [0.15, 0.2) is 42.5 Å². The maximum Gasteiger partial charge on any atom is 0.416 e. The zero-order valence-corrected chi connectivity index (χ0v) is 11.1. The number of benzene rings is 2. The molecule has 0 saturated heterocycles. The average molecular weight is 293 g/mol. The van der Waals surface area contributed by atoms with E-state index < -0.39 is 17.3 Å². The van der Waals surface area contributed by atoms with Crippen LogP contribution in [0.4, 0.5) is 18.9 Å². The Balaban J connectivity index is 2.19. The number of anilines is 1. The summed E-state index contributed by atoms with van der Waals surface area (Å²) in [6, 6.07) is 10.1. The summed E-state index contributed by atoms with van der Waals surface area (Å²) < 4.78 is 39.5. The first-order valence-electron chi connectivity index (χ1n) is 6.60. The van der Waals surface area contributed by atoms with Crippen LogP contribution in [-0.4, -0.2) is 5.11 Å². The van der Waals surface area contributed by atoms with Crippen LogP contribution in [0.5, 0.6) is 0 Å². The number of hydrogen-bond donors (Lipinski definition) is 2. The highest BCUT2D eigenvalue weighted by molar-refractivity contribution is 5.53. The molecule has 0 saturated carbocycles. The fourth-order valence-electron chi connectivity index (χ4n) is 3.04. The molecular formula is C16H14F3NO. The van der Waals surface area contributed by atoms with Gasteiger partial charge in [0.1, 0.15) is 5.60 Å². The van der Waals surface area contributed by atoms with E-state index >= 15 is 0 Å². The van der Waals surface area contributed by atoms with E-state index in [1.807, 2.05) is 0 Å². The minimum atomic E-state index is -4.50. The summed E-state index contributed by atoms with van der Waals surface area (Å²) in [6.07, 6.45) is -3.77. The van der Waals surface area contributed by atoms with Gasteiger partial charge in [0.2, 0.25) is 0 Å². The molecule has 0 radical (unpaired) electrons. The lowest BCUT2D eigenvalue weighted by Gasteiger charge is -2.28. The van der Waals surface area contributed by atoms with E-state index in [1.54, 1.807) is 18.2 Å². The van der Waals surface area contributed by atoms with E-state index in [0.717, 1.165) is 11.6 Å². The van der Waals surface area contributed by atoms with Crippen molar-refractivity contribution in [1.29, 1.82) is 0 Å². The molecule has 0 spiro atoms. The molecule has 3 N–H and O–H groups in total. The molecular weight excluding hydrogens is 279 g/mol. The fourth-order valence-corrected chi connectivity index (χ4v) is 3.04. The second-order valence-corrected chi connectivity index (χ2v) is 5.32. The number of rotatable bonds is 1. The standard InChI is InChI=1S/C16H14F3NO/c17-16(18,19)14-4-2-1-3-13(14)15(21)8-7-10-9-11(20)5-6-12(10)15/h1-6,9,21H,7-8,20H2. The average Bonchev–Trinajstić information content (AvgIpc) is 2.76. The van der Waals surface area contributed by atoms with Crippen LogP contribution in [0.1, 0.15) is 28.7 Å². The van der Waals surface area contributed by atoms with Crippen molar-refractivity contribution in [2.45, 2.75) is 24.6 Å². The topological polar surface area (TPSA) is 46.2 Å². The van der Waals surface area contributed by atoms with Crippen molar-refractivity contribution in [1.82, 2.24) is 0 Å². The normalized spacial score (nSPS) is 21.3. The van der Waals surface area contributed by atoms with Gasteiger partial charge in [0.05, 0.1) is 5.56 Å². The molecule has 1 aliphatic carbocycles. The van der Waals surface area contributed by atoms with Gasteiger partial charge in [0.25, 0.3) is 0 Å². The van der Waals surface area contributed by atoms with Crippen molar-refractivity contribution in [2.24, 2.45) is 0 Å². The molecule has 5 heteroatoms. The zero-order chi connectivity index (χ0) is 15.3. The molecule has 3 rings (SSSR count). The Bertz CT molecular complexity index is 696. The van der Waals surface area contributed by atoms with E-state index in [2.05, 4.69) is 0 Å². The largest absolute Gasteiger partial charge is 0.416 e. The predicted molar refractivity (Wildman–Crippen MR) is 73.6 cm³/mol. The van der Waals surface area contributed by atoms with Crippen molar-refractivity contribution in [3.05, 3.63) is 64.7 Å². The number of nitrogens with two attached hydrogens (primary N) is 1. The molecule has 0 aliphatic heterocycles. The Hall–Kier alpha value is -2.01. The van der Waals surface area contributed by atoms with Crippen LogP contribution in [0.25, 0.3) is 0 Å². The highest BCUT2D eigenvalue weighted by atomic mass is 19.4. The summed E-state index contributed by atoms with van der Waals surface area (Å²) in [5.41, 5.74) is 5.04. The van der Waals surface area contributed by atoms with E-state index in [4.69, 9.17) is 5.73 Å². The first-order chi connectivity index (χ1) is 9.82. The Kier molecular flexibility index (Phi) is 2.99. The Labute approximate surface area is 120 Å². The highest BCUT2D eigenvalue weighted by Crippen LogP contribution is 2.46. The van der Waals surface area contributed by atoms with Gasteiger partial charge in [-0.15, -0.1) is 0 Å². The summed E-state index contributed by atoms with van der Waals surface area (Å²) in [6.45, 7) is 0. The van der Waals surface area contributed by atoms with E-state index in [0.29, 0.717) is 17.7 Å². The number of aryl methyl sites for hydroxylation is 1. The van der Waals surface area contributed by atoms with E-state index in [9.17, 15) is 18.3 Å². The molecule has 2 aromatic rings. The van der Waals surface area contributed by atoms with E-state index in [1.165, 1.54) is 18.2 Å². The molecule has 110 valence electrons. The van der Waals surface area contributed by atoms with Gasteiger partial charge in [-0.3, -0.25) is 0 Å². The number of nitrogen functional groups attached to an aromatic ring is 1. The zero-order valence-electron chi connectivity index (χ0n) is 11.1. The highest BCUT2D eigenvalue weighted by Gasteiger charge is 2.44. The molecule has 0 aromatic heterocycles. The van der Waals surface area contributed by atoms with Crippen LogP contribution >= 0.6 is 0 Å². The van der Waals surface area contributed by atoms with Gasteiger partial charge >= 0.3 is 6.18 Å². The lowest BCUT2D eigenvalue weighted by molar-refractivity contribution is -0.140. The minimum absolute atomic E-state index is 0.0963. The number of aliphatic hydroxyl groups is 1. The summed E-state index contributed by atoms with van der Waals surface area (Å²) >= 11 is 0. The van der Waals surface area contributed by atoms with Gasteiger partial charge in [-0.2, -0.15) is 13.2 Å². The Morgan fingerprint density at radius 1 is 1.05 bits per heavy atom. The van der Waals surface area contributed by atoms with Gasteiger partial charge in [-0.05, 0) is 42.2 Å². The van der Waals surface area contributed by atoms with Crippen molar-refractivity contribution in [3.8, 4) is 0 Å². The molecule has 2 aromatic carbocycles. The lowest BCUT2D eigenvalue weighted by Crippen LogP contribution is -2.27. The van der Waals surface area contributed by atoms with Gasteiger partial charge in [0, 0.05) is 11.3 Å². The van der Waals surface area contributed by atoms with Crippen molar-refractivity contribution < 1.29 is 18.3 Å². The quantitative estimate of drug-likeness (QED) is 0.791. The maximum absolute atomic E-state index is 13.2. The first kappa shape index (κ1) is 13.9. The summed E-state index contributed by atoms with van der Waals surface area (Å²) in [4.78, 5) is 0. The monoisotopic (exact) mass is 293 g/mol. The number of hydrogen-bond acceptors (Lipinski definition) is 2. The number of alkyl halides is 3. The van der Waals surface area contributed by atoms with Gasteiger partial charge in [-0.1, -0.05) is 24.3 Å². The van der Waals surface area contributed by atoms with Gasteiger partial charge in [0.15, 0.2) is 0 Å². The smallest absolute Gasteiger partial charge is 0.399 e. The fraction of sp³-hybridized carbons (Fsp3) is 0.250. The first-order valence-corrected chi connectivity index (χ1v) is 6.60. The van der Waals surface area contributed by atoms with Crippen LogP contribution in [-0.2, 0) is 18.2 Å². The molecule has 2 nitrogen and oxygen atoms in total. The maximum atomic E-state index is 13.2. The molecule has 1 unspecified atom stereocenters. The van der Waals surface area contributed by atoms with Gasteiger partial charge < -0.3 is 10.8 Å². The van der Waals surface area contributed by atoms with Crippen LogP contribution in [0.3, 0.4) is 0 Å². The number of halogens is 3. The number of fused-ring (bicyclic) bond motifs is 1. The predicted octanol–water partition coefficient (Wildman–Crippen LogP) is 3.47.